The first-order chi connectivity index (χ1) is 11.3. The Kier molecular flexibility index (Phi) is 4.88. The summed E-state index contributed by atoms with van der Waals surface area (Å²) in [4.78, 5) is 13.4. The van der Waals surface area contributed by atoms with Crippen LogP contribution in [0.3, 0.4) is 0 Å². The monoisotopic (exact) mass is 347 g/mol. The standard InChI is InChI=1S/C17H27F2NO4/c1-23-14(22)8-13-2-3-16(24-9-13)4-6-20(7-5-16)11-15(12-21)10-17(15,18)19/h13,21H,2-12H2,1H3/t13-,15+/m0/s1. The van der Waals surface area contributed by atoms with Crippen LogP contribution in [-0.4, -0.2) is 67.5 Å². The minimum absolute atomic E-state index is 0.165. The Balaban J connectivity index is 1.45. The lowest BCUT2D eigenvalue weighted by Gasteiger charge is -2.46. The highest BCUT2D eigenvalue weighted by Crippen LogP contribution is 2.60. The average Bonchev–Trinajstić information content (AvgIpc) is 3.13. The normalized spacial score (nSPS) is 34.9. The molecular weight excluding hydrogens is 320 g/mol. The fraction of sp³-hybridized carbons (Fsp3) is 0.941. The summed E-state index contributed by atoms with van der Waals surface area (Å²) in [6.45, 7) is 1.82. The SMILES string of the molecule is COC(=O)C[C@@H]1CCC2(CCN(C[C@@]3(CO)CC3(F)F)CC2)OC1. The van der Waals surface area contributed by atoms with Crippen LogP contribution >= 0.6 is 0 Å². The molecular formula is C17H27F2NO4. The molecule has 2 saturated heterocycles. The number of hydrogen-bond acceptors (Lipinski definition) is 5. The van der Waals surface area contributed by atoms with Gasteiger partial charge >= 0.3 is 5.97 Å². The van der Waals surface area contributed by atoms with E-state index in [-0.39, 0.29) is 30.5 Å². The molecule has 3 rings (SSSR count). The molecule has 2 heterocycles. The number of nitrogens with zero attached hydrogens (tertiary/aromatic N) is 1. The minimum Gasteiger partial charge on any atom is -0.469 e. The van der Waals surface area contributed by atoms with E-state index in [0.29, 0.717) is 13.0 Å². The van der Waals surface area contributed by atoms with E-state index < -0.39 is 17.9 Å². The highest BCUT2D eigenvalue weighted by molar-refractivity contribution is 5.69. The quantitative estimate of drug-likeness (QED) is 0.769. The van der Waals surface area contributed by atoms with Gasteiger partial charge in [-0.3, -0.25) is 4.79 Å². The molecule has 0 amide bonds. The molecule has 1 N–H and O–H groups in total. The largest absolute Gasteiger partial charge is 0.469 e. The topological polar surface area (TPSA) is 59.0 Å². The minimum atomic E-state index is -2.72. The van der Waals surface area contributed by atoms with Crippen LogP contribution in [0.4, 0.5) is 8.78 Å². The molecule has 3 aliphatic rings. The molecule has 5 nitrogen and oxygen atoms in total. The van der Waals surface area contributed by atoms with Gasteiger partial charge < -0.3 is 19.5 Å². The molecule has 0 bridgehead atoms. The summed E-state index contributed by atoms with van der Waals surface area (Å²) < 4.78 is 37.8. The molecule has 0 aromatic rings. The highest BCUT2D eigenvalue weighted by atomic mass is 19.3. The van der Waals surface area contributed by atoms with Gasteiger partial charge in [-0.2, -0.15) is 0 Å². The summed E-state index contributed by atoms with van der Waals surface area (Å²) in [5, 5.41) is 9.32. The highest BCUT2D eigenvalue weighted by Gasteiger charge is 2.71. The van der Waals surface area contributed by atoms with Crippen molar-refractivity contribution in [3.8, 4) is 0 Å². The van der Waals surface area contributed by atoms with Crippen LogP contribution in [-0.2, 0) is 14.3 Å². The summed E-state index contributed by atoms with van der Waals surface area (Å²) in [6, 6.07) is 0. The van der Waals surface area contributed by atoms with Crippen LogP contribution in [0.2, 0.25) is 0 Å². The van der Waals surface area contributed by atoms with Gasteiger partial charge in [0.25, 0.3) is 5.92 Å². The molecule has 24 heavy (non-hydrogen) atoms. The van der Waals surface area contributed by atoms with Crippen LogP contribution in [0.25, 0.3) is 0 Å². The number of ether oxygens (including phenoxy) is 2. The van der Waals surface area contributed by atoms with Gasteiger partial charge in [-0.05, 0) is 31.6 Å². The van der Waals surface area contributed by atoms with E-state index in [4.69, 9.17) is 9.47 Å². The van der Waals surface area contributed by atoms with Crippen molar-refractivity contribution in [2.45, 2.75) is 50.0 Å². The molecule has 1 spiro atoms. The summed E-state index contributed by atoms with van der Waals surface area (Å²) in [7, 11) is 1.39. The van der Waals surface area contributed by atoms with Gasteiger partial charge in [0.1, 0.15) is 0 Å². The van der Waals surface area contributed by atoms with Crippen LogP contribution in [0.5, 0.6) is 0 Å². The Morgan fingerprint density at radius 3 is 2.46 bits per heavy atom. The molecule has 2 aliphatic heterocycles. The van der Waals surface area contributed by atoms with E-state index >= 15 is 0 Å². The molecule has 2 atom stereocenters. The lowest BCUT2D eigenvalue weighted by molar-refractivity contribution is -0.151. The maximum atomic E-state index is 13.5. The summed E-state index contributed by atoms with van der Waals surface area (Å²) in [5.74, 6) is -2.71. The van der Waals surface area contributed by atoms with E-state index in [9.17, 15) is 18.7 Å². The Labute approximate surface area is 141 Å². The molecule has 138 valence electrons. The van der Waals surface area contributed by atoms with Crippen molar-refractivity contribution >= 4 is 5.97 Å². The van der Waals surface area contributed by atoms with E-state index in [1.54, 1.807) is 0 Å². The Hall–Kier alpha value is -0.790. The number of methoxy groups -OCH3 is 1. The molecule has 7 heteroatoms. The second-order valence-electron chi connectivity index (χ2n) is 7.77. The number of alkyl halides is 2. The van der Waals surface area contributed by atoms with Crippen LogP contribution < -0.4 is 0 Å². The predicted molar refractivity (Wildman–Crippen MR) is 82.8 cm³/mol. The van der Waals surface area contributed by atoms with Gasteiger partial charge in [-0.25, -0.2) is 8.78 Å². The van der Waals surface area contributed by atoms with Gasteiger partial charge in [0.05, 0.1) is 37.8 Å². The van der Waals surface area contributed by atoms with Crippen LogP contribution in [0, 0.1) is 11.3 Å². The zero-order chi connectivity index (χ0) is 17.4. The van der Waals surface area contributed by atoms with Crippen molar-refractivity contribution in [1.82, 2.24) is 4.90 Å². The summed E-state index contributed by atoms with van der Waals surface area (Å²) in [6.07, 6.45) is 3.68. The molecule has 3 fully saturated rings. The zero-order valence-corrected chi connectivity index (χ0v) is 14.2. The van der Waals surface area contributed by atoms with Gasteiger partial charge in [0.2, 0.25) is 0 Å². The molecule has 0 radical (unpaired) electrons. The molecule has 0 unspecified atom stereocenters. The van der Waals surface area contributed by atoms with Gasteiger partial charge in [0.15, 0.2) is 0 Å². The Bertz CT molecular complexity index is 469. The number of rotatable bonds is 5. The number of halogens is 2. The first kappa shape index (κ1) is 18.0. The van der Waals surface area contributed by atoms with Gasteiger partial charge in [0, 0.05) is 26.1 Å². The third kappa shape index (κ3) is 3.44. The second kappa shape index (κ2) is 6.50. The number of carbonyl (C=O) groups is 1. The number of carbonyl (C=O) groups excluding carboxylic acids is 1. The molecule has 1 aliphatic carbocycles. The van der Waals surface area contributed by atoms with Crippen molar-refractivity contribution in [3.05, 3.63) is 0 Å². The number of likely N-dealkylation sites (tertiary alicyclic amines) is 1. The summed E-state index contributed by atoms with van der Waals surface area (Å²) >= 11 is 0. The first-order valence-corrected chi connectivity index (χ1v) is 8.76. The number of aliphatic hydroxyl groups is 1. The number of piperidine rings is 1. The van der Waals surface area contributed by atoms with E-state index in [1.807, 2.05) is 4.90 Å². The van der Waals surface area contributed by atoms with E-state index in [1.165, 1.54) is 7.11 Å². The second-order valence-corrected chi connectivity index (χ2v) is 7.77. The molecule has 0 aromatic heterocycles. The third-order valence-corrected chi connectivity index (χ3v) is 6.12. The maximum Gasteiger partial charge on any atom is 0.305 e. The van der Waals surface area contributed by atoms with Gasteiger partial charge in [-0.1, -0.05) is 0 Å². The Morgan fingerprint density at radius 1 is 1.33 bits per heavy atom. The maximum absolute atomic E-state index is 13.5. The number of aliphatic hydroxyl groups excluding tert-OH is 1. The van der Waals surface area contributed by atoms with E-state index in [0.717, 1.165) is 38.8 Å². The Morgan fingerprint density at radius 2 is 2.00 bits per heavy atom. The van der Waals surface area contributed by atoms with Gasteiger partial charge in [-0.15, -0.1) is 0 Å². The van der Waals surface area contributed by atoms with Crippen LogP contribution in [0.1, 0.15) is 38.5 Å². The molecule has 1 saturated carbocycles. The first-order valence-electron chi connectivity index (χ1n) is 8.76. The van der Waals surface area contributed by atoms with Crippen molar-refractivity contribution in [2.75, 3.05) is 40.0 Å². The van der Waals surface area contributed by atoms with Crippen molar-refractivity contribution in [3.63, 3.8) is 0 Å². The molecule has 0 aromatic carbocycles. The van der Waals surface area contributed by atoms with Crippen molar-refractivity contribution in [2.24, 2.45) is 11.3 Å². The third-order valence-electron chi connectivity index (χ3n) is 6.12. The average molecular weight is 347 g/mol. The van der Waals surface area contributed by atoms with Crippen molar-refractivity contribution in [1.29, 1.82) is 0 Å². The zero-order valence-electron chi connectivity index (χ0n) is 14.2. The fourth-order valence-electron chi connectivity index (χ4n) is 4.11. The summed E-state index contributed by atoms with van der Waals surface area (Å²) in [5.41, 5.74) is -1.39. The fourth-order valence-corrected chi connectivity index (χ4v) is 4.11. The number of hydrogen-bond donors (Lipinski definition) is 1. The number of esters is 1. The lowest BCUT2D eigenvalue weighted by atomic mass is 9.81. The smallest absolute Gasteiger partial charge is 0.305 e. The predicted octanol–water partition coefficient (Wildman–Crippen LogP) is 1.83. The lowest BCUT2D eigenvalue weighted by Crippen LogP contribution is -2.50. The van der Waals surface area contributed by atoms with Crippen molar-refractivity contribution < 1.29 is 28.2 Å². The van der Waals surface area contributed by atoms with Crippen LogP contribution in [0.15, 0.2) is 0 Å². The van der Waals surface area contributed by atoms with E-state index in [2.05, 4.69) is 0 Å².